The Labute approximate surface area is 188 Å². The second-order valence-corrected chi connectivity index (χ2v) is 9.38. The highest BCUT2D eigenvalue weighted by Gasteiger charge is 2.32. The normalized spacial score (nSPS) is 22.5. The van der Waals surface area contributed by atoms with Crippen LogP contribution in [-0.4, -0.2) is 48.5 Å². The van der Waals surface area contributed by atoms with Gasteiger partial charge in [-0.25, -0.2) is 0 Å². The van der Waals surface area contributed by atoms with Crippen molar-refractivity contribution in [1.82, 2.24) is 4.90 Å². The number of nitrogens with zero attached hydrogens (tertiary/aromatic N) is 1. The van der Waals surface area contributed by atoms with Crippen LogP contribution in [0.5, 0.6) is 0 Å². The van der Waals surface area contributed by atoms with Crippen molar-refractivity contribution < 1.29 is 19.4 Å². The number of benzene rings is 1. The molecule has 31 heavy (non-hydrogen) atoms. The lowest BCUT2D eigenvalue weighted by molar-refractivity contribution is -0.153. The molecule has 0 spiro atoms. The third kappa shape index (κ3) is 5.68. The van der Waals surface area contributed by atoms with Crippen molar-refractivity contribution in [2.24, 2.45) is 0 Å². The van der Waals surface area contributed by atoms with Gasteiger partial charge in [0.2, 0.25) is 6.29 Å². The summed E-state index contributed by atoms with van der Waals surface area (Å²) in [4.78, 5) is 15.3. The fourth-order valence-electron chi connectivity index (χ4n) is 4.45. The maximum atomic E-state index is 13.4. The maximum Gasteiger partial charge on any atom is 0.288 e. The molecule has 2 aromatic rings. The summed E-state index contributed by atoms with van der Waals surface area (Å²) in [6.45, 7) is 2.28. The lowest BCUT2D eigenvalue weighted by Crippen LogP contribution is -2.38. The van der Waals surface area contributed by atoms with Gasteiger partial charge in [0.1, 0.15) is 0 Å². The minimum Gasteiger partial charge on any atom is -0.459 e. The molecule has 0 unspecified atom stereocenters. The Balaban J connectivity index is 1.56. The van der Waals surface area contributed by atoms with Crippen LogP contribution in [-0.2, 0) is 14.3 Å². The number of likely N-dealkylation sites (tertiary alicyclic amines) is 1. The molecule has 1 N–H and O–H groups in total. The topological polar surface area (TPSA) is 59.0 Å². The predicted molar refractivity (Wildman–Crippen MR) is 124 cm³/mol. The monoisotopic (exact) mass is 443 g/mol. The van der Waals surface area contributed by atoms with Gasteiger partial charge in [-0.3, -0.25) is 4.79 Å². The minimum absolute atomic E-state index is 0.00454. The van der Waals surface area contributed by atoms with Crippen molar-refractivity contribution in [1.29, 1.82) is 0 Å². The van der Waals surface area contributed by atoms with Gasteiger partial charge in [0.05, 0.1) is 6.61 Å². The Hall–Kier alpha value is -1.89. The first-order valence-corrected chi connectivity index (χ1v) is 12.5. The molecule has 168 valence electrons. The lowest BCUT2D eigenvalue weighted by Gasteiger charge is -2.32. The maximum absolute atomic E-state index is 13.4. The molecule has 5 nitrogen and oxygen atoms in total. The van der Waals surface area contributed by atoms with Crippen molar-refractivity contribution in [2.45, 2.75) is 63.6 Å². The molecular weight excluding hydrogens is 410 g/mol. The zero-order valence-electron chi connectivity index (χ0n) is 18.1. The van der Waals surface area contributed by atoms with Gasteiger partial charge in [0, 0.05) is 36.7 Å². The molecule has 1 fully saturated rings. The van der Waals surface area contributed by atoms with Crippen molar-refractivity contribution >= 4 is 27.3 Å². The summed E-state index contributed by atoms with van der Waals surface area (Å²) >= 11 is 1.74. The number of rotatable bonds is 7. The number of fused-ring (bicyclic) bond motifs is 1. The third-order valence-electron chi connectivity index (χ3n) is 6.18. The summed E-state index contributed by atoms with van der Waals surface area (Å²) in [7, 11) is 0. The van der Waals surface area contributed by atoms with Crippen LogP contribution < -0.4 is 0 Å². The van der Waals surface area contributed by atoms with Crippen molar-refractivity contribution in [3.8, 4) is 0 Å². The molecule has 0 radical (unpaired) electrons. The molecule has 4 rings (SSSR count). The molecule has 1 saturated heterocycles. The van der Waals surface area contributed by atoms with Crippen molar-refractivity contribution in [3.05, 3.63) is 47.0 Å². The average molecular weight is 444 g/mol. The minimum atomic E-state index is -0.443. The molecule has 0 saturated carbocycles. The Morgan fingerprint density at radius 2 is 1.90 bits per heavy atom. The fourth-order valence-corrected chi connectivity index (χ4v) is 5.47. The highest BCUT2D eigenvalue weighted by atomic mass is 32.1. The van der Waals surface area contributed by atoms with Gasteiger partial charge >= 0.3 is 0 Å². The van der Waals surface area contributed by atoms with E-state index >= 15 is 0 Å². The fraction of sp³-hybridized carbons (Fsp3) is 0.560. The zero-order valence-corrected chi connectivity index (χ0v) is 18.9. The summed E-state index contributed by atoms with van der Waals surface area (Å²) in [5, 5.41) is 12.5. The molecule has 6 heteroatoms. The number of carbonyl (C=O) groups excluding carboxylic acids is 1. The van der Waals surface area contributed by atoms with Gasteiger partial charge < -0.3 is 19.5 Å². The number of aliphatic hydroxyl groups excluding tert-OH is 1. The van der Waals surface area contributed by atoms with E-state index in [9.17, 15) is 4.79 Å². The van der Waals surface area contributed by atoms with E-state index in [4.69, 9.17) is 14.6 Å². The van der Waals surface area contributed by atoms with Gasteiger partial charge in [-0.1, -0.05) is 37.5 Å². The number of hydrogen-bond acceptors (Lipinski definition) is 5. The number of aliphatic hydroxyl groups is 1. The molecule has 1 amide bonds. The molecule has 2 atom stereocenters. The second kappa shape index (κ2) is 11.1. The molecule has 3 heterocycles. The van der Waals surface area contributed by atoms with Crippen LogP contribution in [0.25, 0.3) is 10.1 Å². The van der Waals surface area contributed by atoms with Crippen LogP contribution in [0.3, 0.4) is 0 Å². The lowest BCUT2D eigenvalue weighted by atomic mass is 9.92. The van der Waals surface area contributed by atoms with E-state index in [-0.39, 0.29) is 18.4 Å². The van der Waals surface area contributed by atoms with Gasteiger partial charge in [-0.15, -0.1) is 11.3 Å². The Morgan fingerprint density at radius 3 is 2.71 bits per heavy atom. The van der Waals surface area contributed by atoms with Crippen LogP contribution in [0.1, 0.15) is 62.8 Å². The SMILES string of the molecule is O=C(C1=C[C@H](c2csc3ccccc23)C[C@H](OCCCCO)O1)N1CCCCCCC1. The van der Waals surface area contributed by atoms with Crippen molar-refractivity contribution in [2.75, 3.05) is 26.3 Å². The third-order valence-corrected chi connectivity index (χ3v) is 7.16. The summed E-state index contributed by atoms with van der Waals surface area (Å²) in [6, 6.07) is 8.42. The van der Waals surface area contributed by atoms with Crippen LogP contribution in [0, 0.1) is 0 Å². The second-order valence-electron chi connectivity index (χ2n) is 8.47. The van der Waals surface area contributed by atoms with E-state index in [2.05, 4.69) is 29.6 Å². The molecular formula is C25H33NO4S. The Bertz CT molecular complexity index is 885. The van der Waals surface area contributed by atoms with E-state index in [1.54, 1.807) is 11.3 Å². The Kier molecular flexibility index (Phi) is 8.00. The highest BCUT2D eigenvalue weighted by molar-refractivity contribution is 7.17. The van der Waals surface area contributed by atoms with E-state index in [0.717, 1.165) is 32.4 Å². The summed E-state index contributed by atoms with van der Waals surface area (Å²) in [5.74, 6) is 0.510. The largest absolute Gasteiger partial charge is 0.459 e. The predicted octanol–water partition coefficient (Wildman–Crippen LogP) is 5.20. The number of hydrogen-bond donors (Lipinski definition) is 1. The molecule has 0 bridgehead atoms. The van der Waals surface area contributed by atoms with Gasteiger partial charge in [-0.2, -0.15) is 0 Å². The Morgan fingerprint density at radius 1 is 1.13 bits per heavy atom. The summed E-state index contributed by atoms with van der Waals surface area (Å²) < 4.78 is 13.3. The van der Waals surface area contributed by atoms with Gasteiger partial charge in [0.25, 0.3) is 5.91 Å². The summed E-state index contributed by atoms with van der Waals surface area (Å²) in [5.41, 5.74) is 1.24. The number of ether oxygens (including phenoxy) is 2. The number of carbonyl (C=O) groups is 1. The standard InChI is InChI=1S/C25H33NO4S/c27-14-8-9-15-29-24-17-19(21-18-31-23-11-5-4-10-20(21)23)16-22(30-24)25(28)26-12-6-2-1-3-7-13-26/h4-5,10-11,16,18-19,24,27H,1-3,6-9,12-15,17H2/t19-,24+/m0/s1. The highest BCUT2D eigenvalue weighted by Crippen LogP contribution is 2.38. The molecule has 2 aliphatic heterocycles. The molecule has 0 aliphatic carbocycles. The molecule has 2 aliphatic rings. The van der Waals surface area contributed by atoms with E-state index < -0.39 is 6.29 Å². The van der Waals surface area contributed by atoms with Crippen LogP contribution in [0.4, 0.5) is 0 Å². The molecule has 1 aromatic heterocycles. The number of unbranched alkanes of at least 4 members (excludes halogenated alkanes) is 1. The van der Waals surface area contributed by atoms with Crippen LogP contribution in [0.15, 0.2) is 41.5 Å². The number of thiophene rings is 1. The van der Waals surface area contributed by atoms with E-state index in [0.29, 0.717) is 25.2 Å². The van der Waals surface area contributed by atoms with Crippen LogP contribution in [0.2, 0.25) is 0 Å². The average Bonchev–Trinajstić information content (AvgIpc) is 3.20. The first-order chi connectivity index (χ1) is 15.3. The van der Waals surface area contributed by atoms with Crippen LogP contribution >= 0.6 is 11.3 Å². The van der Waals surface area contributed by atoms with Gasteiger partial charge in [-0.05, 0) is 54.2 Å². The number of allylic oxidation sites excluding steroid dienone is 1. The van der Waals surface area contributed by atoms with E-state index in [1.807, 2.05) is 11.0 Å². The van der Waals surface area contributed by atoms with Gasteiger partial charge in [0.15, 0.2) is 5.76 Å². The quantitative estimate of drug-likeness (QED) is 0.598. The first-order valence-electron chi connectivity index (χ1n) is 11.6. The number of amides is 1. The summed E-state index contributed by atoms with van der Waals surface area (Å²) in [6.07, 6.45) is 9.49. The van der Waals surface area contributed by atoms with E-state index in [1.165, 1.54) is 34.9 Å². The zero-order chi connectivity index (χ0) is 21.5. The first kappa shape index (κ1) is 22.3. The smallest absolute Gasteiger partial charge is 0.288 e. The molecule has 1 aromatic carbocycles. The van der Waals surface area contributed by atoms with Crippen molar-refractivity contribution in [3.63, 3.8) is 0 Å².